The van der Waals surface area contributed by atoms with Crippen molar-refractivity contribution < 1.29 is 80.2 Å². The third kappa shape index (κ3) is 70.7. The molecule has 4 atom stereocenters. The molecular formula is C73H142NaO17P2. The third-order valence-corrected chi connectivity index (χ3v) is 19.0. The molecule has 0 spiro atoms. The maximum absolute atomic E-state index is 13.0. The van der Waals surface area contributed by atoms with Gasteiger partial charge < -0.3 is 33.8 Å². The van der Waals surface area contributed by atoms with Crippen molar-refractivity contribution in [1.82, 2.24) is 0 Å². The molecule has 547 valence electrons. The molecule has 0 rings (SSSR count). The molecule has 0 bridgehead atoms. The average molecular weight is 1380 g/mol. The van der Waals surface area contributed by atoms with Crippen molar-refractivity contribution in [2.75, 3.05) is 39.6 Å². The van der Waals surface area contributed by atoms with Crippen LogP contribution in [0.4, 0.5) is 0 Å². The minimum Gasteiger partial charge on any atom is -0.462 e. The summed E-state index contributed by atoms with van der Waals surface area (Å²) in [5.41, 5.74) is 0. The Kier molecular flexibility index (Phi) is 71.8. The van der Waals surface area contributed by atoms with Crippen molar-refractivity contribution >= 4 is 69.1 Å². The number of carbonyl (C=O) groups is 4. The number of aliphatic hydroxyl groups excluding tert-OH is 1. The van der Waals surface area contributed by atoms with Gasteiger partial charge in [0.1, 0.15) is 19.3 Å². The van der Waals surface area contributed by atoms with E-state index < -0.39 is 97.5 Å². The van der Waals surface area contributed by atoms with E-state index in [-0.39, 0.29) is 55.2 Å². The first-order chi connectivity index (χ1) is 44.7. The maximum Gasteiger partial charge on any atom is 0.472 e. The zero-order chi connectivity index (χ0) is 67.5. The number of esters is 4. The molecule has 0 aliphatic rings. The van der Waals surface area contributed by atoms with Gasteiger partial charge in [-0.2, -0.15) is 0 Å². The molecule has 0 saturated heterocycles. The smallest absolute Gasteiger partial charge is 0.462 e. The second-order valence-corrected chi connectivity index (χ2v) is 29.2. The van der Waals surface area contributed by atoms with Gasteiger partial charge in [0.15, 0.2) is 12.2 Å². The fourth-order valence-electron chi connectivity index (χ4n) is 11.2. The van der Waals surface area contributed by atoms with Crippen LogP contribution in [0, 0.1) is 0 Å². The number of phosphoric acid groups is 2. The zero-order valence-electron chi connectivity index (χ0n) is 60.5. The molecule has 0 aromatic rings. The number of phosphoric ester groups is 2. The van der Waals surface area contributed by atoms with Crippen molar-refractivity contribution in [2.45, 2.75) is 406 Å². The number of unbranched alkanes of at least 4 members (excludes halogenated alkanes) is 48. The Balaban J connectivity index is 0. The molecule has 0 aromatic heterocycles. The average Bonchev–Trinajstić information content (AvgIpc) is 3.63. The second kappa shape index (κ2) is 70.9. The van der Waals surface area contributed by atoms with Crippen LogP contribution < -0.4 is 0 Å². The summed E-state index contributed by atoms with van der Waals surface area (Å²) in [6.45, 7) is 4.98. The summed E-state index contributed by atoms with van der Waals surface area (Å²) in [6.07, 6.45) is 56.6. The summed E-state index contributed by atoms with van der Waals surface area (Å²) in [6, 6.07) is 0. The molecule has 0 aliphatic carbocycles. The van der Waals surface area contributed by atoms with Gasteiger partial charge in [0.05, 0.1) is 26.4 Å². The second-order valence-electron chi connectivity index (χ2n) is 26.3. The molecule has 1 radical (unpaired) electrons. The normalized spacial score (nSPS) is 13.8. The Hall–Kier alpha value is -0.940. The molecule has 0 heterocycles. The predicted molar refractivity (Wildman–Crippen MR) is 378 cm³/mol. The van der Waals surface area contributed by atoms with Crippen LogP contribution in [0.15, 0.2) is 0 Å². The number of hydrogen-bond acceptors (Lipinski definition) is 15. The Bertz CT molecular complexity index is 1640. The van der Waals surface area contributed by atoms with Crippen LogP contribution in [-0.2, 0) is 65.4 Å². The molecule has 93 heavy (non-hydrogen) atoms. The van der Waals surface area contributed by atoms with Crippen LogP contribution in [0.2, 0.25) is 0 Å². The molecule has 2 unspecified atom stereocenters. The predicted octanol–water partition coefficient (Wildman–Crippen LogP) is 21.1. The minimum absolute atomic E-state index is 0. The fraction of sp³-hybridized carbons (Fsp3) is 0.945. The van der Waals surface area contributed by atoms with E-state index in [1.165, 1.54) is 218 Å². The number of ether oxygens (including phenoxy) is 4. The van der Waals surface area contributed by atoms with Gasteiger partial charge in [-0.15, -0.1) is 0 Å². The minimum atomic E-state index is -4.95. The summed E-state index contributed by atoms with van der Waals surface area (Å²) < 4.78 is 68.4. The Morgan fingerprint density at radius 3 is 0.645 bits per heavy atom. The van der Waals surface area contributed by atoms with E-state index in [1.54, 1.807) is 0 Å². The van der Waals surface area contributed by atoms with E-state index in [9.17, 15) is 43.2 Å². The van der Waals surface area contributed by atoms with Crippen LogP contribution in [0.1, 0.15) is 387 Å². The summed E-state index contributed by atoms with van der Waals surface area (Å²) in [7, 11) is -9.90. The van der Waals surface area contributed by atoms with Crippen LogP contribution in [-0.4, -0.2) is 126 Å². The number of carbonyl (C=O) groups excluding carboxylic acids is 4. The first-order valence-corrected chi connectivity index (χ1v) is 41.3. The van der Waals surface area contributed by atoms with Gasteiger partial charge in [0.2, 0.25) is 0 Å². The molecule has 17 nitrogen and oxygen atoms in total. The van der Waals surface area contributed by atoms with E-state index in [0.717, 1.165) is 89.9 Å². The van der Waals surface area contributed by atoms with Crippen molar-refractivity contribution in [2.24, 2.45) is 0 Å². The van der Waals surface area contributed by atoms with E-state index in [0.29, 0.717) is 25.7 Å². The van der Waals surface area contributed by atoms with E-state index in [4.69, 9.17) is 37.0 Å². The molecule has 0 saturated carbocycles. The molecule has 0 aliphatic heterocycles. The van der Waals surface area contributed by atoms with E-state index in [1.807, 2.05) is 0 Å². The molecule has 20 heteroatoms. The van der Waals surface area contributed by atoms with E-state index in [2.05, 4.69) is 27.7 Å². The van der Waals surface area contributed by atoms with Crippen molar-refractivity contribution in [1.29, 1.82) is 0 Å². The van der Waals surface area contributed by atoms with Crippen LogP contribution in [0.5, 0.6) is 0 Å². The summed E-state index contributed by atoms with van der Waals surface area (Å²) >= 11 is 0. The van der Waals surface area contributed by atoms with Crippen LogP contribution >= 0.6 is 15.6 Å². The first-order valence-electron chi connectivity index (χ1n) is 38.3. The van der Waals surface area contributed by atoms with Gasteiger partial charge in [0.25, 0.3) is 0 Å². The Morgan fingerprint density at radius 2 is 0.441 bits per heavy atom. The molecule has 3 N–H and O–H groups in total. The van der Waals surface area contributed by atoms with Gasteiger partial charge in [-0.25, -0.2) is 9.13 Å². The van der Waals surface area contributed by atoms with Crippen LogP contribution in [0.25, 0.3) is 0 Å². The Morgan fingerprint density at radius 1 is 0.269 bits per heavy atom. The van der Waals surface area contributed by atoms with Crippen molar-refractivity contribution in [3.05, 3.63) is 0 Å². The largest absolute Gasteiger partial charge is 0.472 e. The van der Waals surface area contributed by atoms with Gasteiger partial charge in [0, 0.05) is 55.2 Å². The molecule has 0 amide bonds. The molecular weight excluding hydrogens is 1230 g/mol. The van der Waals surface area contributed by atoms with Gasteiger partial charge in [-0.1, -0.05) is 336 Å². The topological polar surface area (TPSA) is 237 Å². The summed E-state index contributed by atoms with van der Waals surface area (Å²) in [5.74, 6) is -2.11. The van der Waals surface area contributed by atoms with E-state index >= 15 is 0 Å². The molecule has 0 aromatic carbocycles. The standard InChI is InChI=1S/C73H142O17P2.Na/c1-5-9-13-17-21-25-29-33-37-41-45-49-53-57-70(75)83-63-68(89-72(77)59-55-51-47-43-39-35-31-27-23-19-15-11-7-3)65-87-91(79,80)85-61-67(74)62-86-92(81,82)88-66-69(90-73(78)60-56-52-48-44-40-36-32-28-24-20-16-12-8-4)64-84-71(76)58-54-50-46-42-38-34-30-26-22-18-14-10-6-2;/h67-69,74H,5-66H2,1-4H3,(H,79,80)(H,81,82);/t68-,69-;/m1./s1. The van der Waals surface area contributed by atoms with Crippen molar-refractivity contribution in [3.8, 4) is 0 Å². The van der Waals surface area contributed by atoms with Crippen LogP contribution in [0.3, 0.4) is 0 Å². The zero-order valence-corrected chi connectivity index (χ0v) is 64.3. The number of rotatable bonds is 74. The summed E-state index contributed by atoms with van der Waals surface area (Å²) in [4.78, 5) is 72.7. The SMILES string of the molecule is CCCCCCCCCCCCCCCC(=O)OC[C@H](COP(=O)(O)OCC(O)COP(=O)(O)OC[C@@H](COC(=O)CCCCCCCCCCCCCCC)OC(=O)CCCCCCCCCCCCCCC)OC(=O)CCCCCCCCCCCCCCC.[Na]. The first kappa shape index (κ1) is 94.1. The van der Waals surface area contributed by atoms with Crippen molar-refractivity contribution in [3.63, 3.8) is 0 Å². The molecule has 0 fully saturated rings. The maximum atomic E-state index is 13.0. The third-order valence-electron chi connectivity index (χ3n) is 17.1. The number of hydrogen-bond donors (Lipinski definition) is 3. The monoisotopic (exact) mass is 1380 g/mol. The fourth-order valence-corrected chi connectivity index (χ4v) is 12.8. The van der Waals surface area contributed by atoms with Gasteiger partial charge in [-0.05, 0) is 25.7 Å². The van der Waals surface area contributed by atoms with Gasteiger partial charge >= 0.3 is 39.5 Å². The number of aliphatic hydroxyl groups is 1. The summed E-state index contributed by atoms with van der Waals surface area (Å²) in [5, 5.41) is 10.6. The van der Waals surface area contributed by atoms with Gasteiger partial charge in [-0.3, -0.25) is 37.3 Å². The quantitative estimate of drug-likeness (QED) is 0.0169. The Labute approximate surface area is 590 Å².